The van der Waals surface area contributed by atoms with Crippen LogP contribution in [0.25, 0.3) is 0 Å². The monoisotopic (exact) mass is 1020 g/mol. The van der Waals surface area contributed by atoms with Crippen LogP contribution in [0.2, 0.25) is 0 Å². The summed E-state index contributed by atoms with van der Waals surface area (Å²) in [7, 11) is 0. The maximum Gasteiger partial charge on any atom is 0.249 e. The minimum Gasteiger partial charge on any atom is -0.394 e. The van der Waals surface area contributed by atoms with E-state index in [1.807, 2.05) is 6.08 Å². The van der Waals surface area contributed by atoms with Gasteiger partial charge >= 0.3 is 0 Å². The lowest BCUT2D eigenvalue weighted by atomic mass is 9.99. The van der Waals surface area contributed by atoms with E-state index in [0.717, 1.165) is 44.9 Å². The number of ether oxygens (including phenoxy) is 2. The number of allylic oxidation sites excluding steroid dienone is 5. The Bertz CT molecular complexity index is 1240. The largest absolute Gasteiger partial charge is 0.394 e. The Kier molecular flexibility index (Phi) is 48.9. The summed E-state index contributed by atoms with van der Waals surface area (Å²) in [5.74, 6) is -0.627. The Labute approximate surface area is 443 Å². The Morgan fingerprint density at radius 3 is 1.21 bits per heavy atom. The number of aliphatic hydroxyl groups excluding tert-OH is 6. The van der Waals surface area contributed by atoms with E-state index in [9.17, 15) is 35.4 Å². The second kappa shape index (κ2) is 51.5. The van der Waals surface area contributed by atoms with Crippen LogP contribution in [0.15, 0.2) is 36.5 Å². The van der Waals surface area contributed by atoms with E-state index in [4.69, 9.17) is 9.47 Å². The lowest BCUT2D eigenvalue weighted by molar-refractivity contribution is -0.302. The van der Waals surface area contributed by atoms with Crippen LogP contribution < -0.4 is 5.32 Å². The highest BCUT2D eigenvalue weighted by molar-refractivity contribution is 5.80. The first-order chi connectivity index (χ1) is 35.3. The molecule has 1 aliphatic rings. The van der Waals surface area contributed by atoms with Crippen LogP contribution in [-0.4, -0.2) is 98.7 Å². The van der Waals surface area contributed by atoms with Crippen LogP contribution in [0.3, 0.4) is 0 Å². The van der Waals surface area contributed by atoms with Crippen LogP contribution in [0.5, 0.6) is 0 Å². The van der Waals surface area contributed by atoms with E-state index in [0.29, 0.717) is 19.3 Å². The Balaban J connectivity index is 2.11. The van der Waals surface area contributed by atoms with Crippen molar-refractivity contribution in [2.75, 3.05) is 13.2 Å². The Morgan fingerprint density at radius 1 is 0.472 bits per heavy atom. The number of amides is 1. The summed E-state index contributed by atoms with van der Waals surface area (Å²) < 4.78 is 11.2. The van der Waals surface area contributed by atoms with E-state index in [1.165, 1.54) is 212 Å². The molecule has 10 heteroatoms. The van der Waals surface area contributed by atoms with Gasteiger partial charge in [0.25, 0.3) is 0 Å². The number of hydrogen-bond donors (Lipinski definition) is 7. The van der Waals surface area contributed by atoms with Gasteiger partial charge in [0.05, 0.1) is 25.4 Å². The maximum absolute atomic E-state index is 13.1. The predicted octanol–water partition coefficient (Wildman–Crippen LogP) is 14.5. The molecular formula is C62H117NO9. The normalized spacial score (nSPS) is 19.8. The highest BCUT2D eigenvalue weighted by Crippen LogP contribution is 2.23. The average molecular weight is 1020 g/mol. The topological polar surface area (TPSA) is 169 Å². The summed E-state index contributed by atoms with van der Waals surface area (Å²) in [6.07, 6.45) is 57.2. The second-order valence-electron chi connectivity index (χ2n) is 21.6. The number of unbranched alkanes of at least 4 members (excludes halogenated alkanes) is 38. The van der Waals surface area contributed by atoms with Crippen LogP contribution in [-0.2, 0) is 14.3 Å². The van der Waals surface area contributed by atoms with Crippen LogP contribution in [0, 0.1) is 0 Å². The van der Waals surface area contributed by atoms with Gasteiger partial charge in [-0.25, -0.2) is 0 Å². The summed E-state index contributed by atoms with van der Waals surface area (Å²) in [5, 5.41) is 64.9. The van der Waals surface area contributed by atoms with Crippen molar-refractivity contribution in [2.45, 2.75) is 339 Å². The number of nitrogens with one attached hydrogen (secondary N) is 1. The van der Waals surface area contributed by atoms with E-state index >= 15 is 0 Å². The summed E-state index contributed by atoms with van der Waals surface area (Å²) in [5.41, 5.74) is 0. The zero-order chi connectivity index (χ0) is 52.4. The molecule has 0 spiro atoms. The summed E-state index contributed by atoms with van der Waals surface area (Å²) in [6.45, 7) is 3.58. The molecule has 8 atom stereocenters. The molecule has 0 aromatic heterocycles. The van der Waals surface area contributed by atoms with Crippen LogP contribution in [0.1, 0.15) is 290 Å². The second-order valence-corrected chi connectivity index (χ2v) is 21.6. The predicted molar refractivity (Wildman–Crippen MR) is 301 cm³/mol. The van der Waals surface area contributed by atoms with Gasteiger partial charge in [-0.2, -0.15) is 0 Å². The first-order valence-corrected chi connectivity index (χ1v) is 30.8. The number of hydrogen-bond acceptors (Lipinski definition) is 9. The van der Waals surface area contributed by atoms with Gasteiger partial charge < -0.3 is 45.4 Å². The SMILES string of the molecule is CCCCC/C=C/CC/C=C/CC/C=C/C(O)C(COC1OC(CO)C(O)C(O)C1O)NC(=O)C(O)CCCCCCCCCCCCCCCCCCCCCCCCCCCCCCCCCCCC. The third-order valence-electron chi connectivity index (χ3n) is 14.8. The molecule has 424 valence electrons. The first-order valence-electron chi connectivity index (χ1n) is 30.8. The van der Waals surface area contributed by atoms with Crippen molar-refractivity contribution in [3.63, 3.8) is 0 Å². The number of aliphatic hydroxyl groups is 6. The number of carbonyl (C=O) groups is 1. The summed E-state index contributed by atoms with van der Waals surface area (Å²) in [6, 6.07) is -1.00. The van der Waals surface area contributed by atoms with Gasteiger partial charge in [-0.15, -0.1) is 0 Å². The standard InChI is InChI=1S/C62H117NO9/c1-3-5-7-9-11-13-15-17-18-19-20-21-22-23-24-25-26-27-28-29-30-31-32-33-34-35-36-37-39-41-43-45-47-49-51-56(66)61(70)63-54(53-71-62-60(69)59(68)58(67)57(52-64)72-62)55(65)50-48-46-44-42-40-38-16-14-12-10-8-6-4-2/h12,14,40,42,48,50,54-60,62,64-69H,3-11,13,15-39,41,43-47,49,51-53H2,1-2H3,(H,63,70)/b14-12+,42-40+,50-48+. The fourth-order valence-corrected chi connectivity index (χ4v) is 9.85. The van der Waals surface area contributed by atoms with Crippen molar-refractivity contribution in [1.29, 1.82) is 0 Å². The number of carbonyl (C=O) groups excluding carboxylic acids is 1. The van der Waals surface area contributed by atoms with Crippen molar-refractivity contribution in [3.8, 4) is 0 Å². The average Bonchev–Trinajstić information content (AvgIpc) is 3.38. The van der Waals surface area contributed by atoms with Gasteiger partial charge in [0.1, 0.15) is 30.5 Å². The van der Waals surface area contributed by atoms with Crippen LogP contribution in [0.4, 0.5) is 0 Å². The zero-order valence-electron chi connectivity index (χ0n) is 46.8. The molecule has 1 saturated heterocycles. The zero-order valence-corrected chi connectivity index (χ0v) is 46.8. The summed E-state index contributed by atoms with van der Waals surface area (Å²) in [4.78, 5) is 13.1. The van der Waals surface area contributed by atoms with Crippen molar-refractivity contribution >= 4 is 5.91 Å². The molecule has 0 aromatic rings. The van der Waals surface area contributed by atoms with Gasteiger partial charge in [-0.05, 0) is 44.9 Å². The van der Waals surface area contributed by atoms with E-state index in [-0.39, 0.29) is 6.61 Å². The molecule has 8 unspecified atom stereocenters. The fraction of sp³-hybridized carbons (Fsp3) is 0.887. The van der Waals surface area contributed by atoms with Crippen molar-refractivity contribution in [1.82, 2.24) is 5.32 Å². The molecule has 0 radical (unpaired) electrons. The first kappa shape index (κ1) is 68.4. The molecule has 1 rings (SSSR count). The highest BCUT2D eigenvalue weighted by atomic mass is 16.7. The lowest BCUT2D eigenvalue weighted by Crippen LogP contribution is -2.60. The maximum atomic E-state index is 13.1. The van der Waals surface area contributed by atoms with Crippen molar-refractivity contribution in [3.05, 3.63) is 36.5 Å². The smallest absolute Gasteiger partial charge is 0.249 e. The molecule has 7 N–H and O–H groups in total. The molecule has 1 amide bonds. The molecular weight excluding hydrogens is 903 g/mol. The molecule has 1 aliphatic heterocycles. The summed E-state index contributed by atoms with van der Waals surface area (Å²) >= 11 is 0. The molecule has 1 heterocycles. The molecule has 0 aliphatic carbocycles. The highest BCUT2D eigenvalue weighted by Gasteiger charge is 2.44. The quantitative estimate of drug-likeness (QED) is 0.0232. The molecule has 1 fully saturated rings. The fourth-order valence-electron chi connectivity index (χ4n) is 9.85. The van der Waals surface area contributed by atoms with E-state index in [1.54, 1.807) is 6.08 Å². The molecule has 0 bridgehead atoms. The minimum absolute atomic E-state index is 0.304. The van der Waals surface area contributed by atoms with Gasteiger partial charge in [0.2, 0.25) is 5.91 Å². The number of rotatable bonds is 53. The molecule has 10 nitrogen and oxygen atoms in total. The van der Waals surface area contributed by atoms with E-state index < -0.39 is 61.5 Å². The molecule has 72 heavy (non-hydrogen) atoms. The minimum atomic E-state index is -1.62. The van der Waals surface area contributed by atoms with Gasteiger partial charge in [-0.1, -0.05) is 281 Å². The van der Waals surface area contributed by atoms with E-state index in [2.05, 4.69) is 43.5 Å². The van der Waals surface area contributed by atoms with Crippen LogP contribution >= 0.6 is 0 Å². The Hall–Kier alpha value is -1.63. The Morgan fingerprint density at radius 2 is 0.819 bits per heavy atom. The van der Waals surface area contributed by atoms with Gasteiger partial charge in [0, 0.05) is 0 Å². The van der Waals surface area contributed by atoms with Gasteiger partial charge in [-0.3, -0.25) is 4.79 Å². The third kappa shape index (κ3) is 39.7. The lowest BCUT2D eigenvalue weighted by Gasteiger charge is -2.40. The van der Waals surface area contributed by atoms with Crippen molar-refractivity contribution in [2.24, 2.45) is 0 Å². The third-order valence-corrected chi connectivity index (χ3v) is 14.8. The van der Waals surface area contributed by atoms with Crippen molar-refractivity contribution < 1.29 is 44.9 Å². The molecule has 0 saturated carbocycles. The van der Waals surface area contributed by atoms with Gasteiger partial charge in [0.15, 0.2) is 6.29 Å². The molecule has 0 aromatic carbocycles.